The van der Waals surface area contributed by atoms with Crippen LogP contribution >= 0.6 is 0 Å². The molecule has 0 spiro atoms. The molecule has 2 heterocycles. The summed E-state index contributed by atoms with van der Waals surface area (Å²) in [5, 5.41) is 21.0. The van der Waals surface area contributed by atoms with Crippen LogP contribution in [0.25, 0.3) is 5.65 Å². The van der Waals surface area contributed by atoms with Gasteiger partial charge in [-0.2, -0.15) is 9.61 Å². The molecule has 0 aliphatic heterocycles. The lowest BCUT2D eigenvalue weighted by molar-refractivity contribution is 0.0950. The highest BCUT2D eigenvalue weighted by atomic mass is 16.5. The molecule has 3 aromatic rings. The minimum absolute atomic E-state index is 0.0657. The lowest BCUT2D eigenvalue weighted by Crippen LogP contribution is -2.30. The molecule has 0 fully saturated rings. The number of carbonyl (C=O) groups excluding carboxylic acids is 2. The molecule has 0 aliphatic rings. The fourth-order valence-corrected chi connectivity index (χ4v) is 4.00. The standard InChI is InChI=1S/C26H36N6O5/c1-9-28-25-31(30-23-16(3)15(2)21(24(35)27-7)29-32(23)25)14-19(34)17-12-18(26(4,5)6)22(36-8)20(13-17)37-11-10-33/h12-13,33H,9-11,14H2,1-8H3,(H,27,35)/b28-25+. The van der Waals surface area contributed by atoms with Crippen molar-refractivity contribution in [1.82, 2.24) is 24.7 Å². The van der Waals surface area contributed by atoms with Crippen LogP contribution in [0.5, 0.6) is 11.5 Å². The van der Waals surface area contributed by atoms with E-state index in [0.29, 0.717) is 40.4 Å². The first kappa shape index (κ1) is 27.9. The number of Topliss-reactive ketones (excluding diaryl/α,β-unsaturated/α-hetero) is 1. The lowest BCUT2D eigenvalue weighted by atomic mass is 9.84. The molecular formula is C26H36N6O5. The number of amides is 1. The number of ether oxygens (including phenoxy) is 2. The molecule has 11 heteroatoms. The summed E-state index contributed by atoms with van der Waals surface area (Å²) in [5.74, 6) is 0.374. The van der Waals surface area contributed by atoms with Crippen LogP contribution in [-0.2, 0) is 12.0 Å². The average Bonchev–Trinajstić information content (AvgIpc) is 3.20. The zero-order chi connectivity index (χ0) is 27.5. The number of aliphatic hydroxyl groups excluding tert-OH is 1. The summed E-state index contributed by atoms with van der Waals surface area (Å²) < 4.78 is 14.3. The molecule has 0 aliphatic carbocycles. The van der Waals surface area contributed by atoms with Gasteiger partial charge in [0.1, 0.15) is 13.2 Å². The van der Waals surface area contributed by atoms with E-state index in [1.807, 2.05) is 41.5 Å². The van der Waals surface area contributed by atoms with Crippen molar-refractivity contribution in [2.24, 2.45) is 4.99 Å². The van der Waals surface area contributed by atoms with Crippen LogP contribution in [0.1, 0.15) is 65.2 Å². The molecule has 2 N–H and O–H groups in total. The van der Waals surface area contributed by atoms with E-state index in [4.69, 9.17) is 9.47 Å². The number of rotatable bonds is 9. The zero-order valence-corrected chi connectivity index (χ0v) is 22.8. The fourth-order valence-electron chi connectivity index (χ4n) is 4.00. The van der Waals surface area contributed by atoms with Gasteiger partial charge in [-0.1, -0.05) is 20.8 Å². The van der Waals surface area contributed by atoms with Gasteiger partial charge >= 0.3 is 0 Å². The summed E-state index contributed by atoms with van der Waals surface area (Å²) in [6, 6.07) is 3.42. The summed E-state index contributed by atoms with van der Waals surface area (Å²) in [5.41, 5.74) is 3.50. The van der Waals surface area contributed by atoms with Crippen LogP contribution in [0.15, 0.2) is 17.1 Å². The van der Waals surface area contributed by atoms with Crippen LogP contribution in [0.4, 0.5) is 0 Å². The fraction of sp³-hybridized carbons (Fsp3) is 0.500. The first-order chi connectivity index (χ1) is 17.5. The third kappa shape index (κ3) is 5.51. The molecule has 0 saturated carbocycles. The van der Waals surface area contributed by atoms with Crippen molar-refractivity contribution < 1.29 is 24.2 Å². The van der Waals surface area contributed by atoms with Gasteiger partial charge in [0.2, 0.25) is 5.62 Å². The number of carbonyl (C=O) groups is 2. The summed E-state index contributed by atoms with van der Waals surface area (Å²) >= 11 is 0. The van der Waals surface area contributed by atoms with Crippen molar-refractivity contribution in [3.63, 3.8) is 0 Å². The lowest BCUT2D eigenvalue weighted by Gasteiger charge is -2.25. The van der Waals surface area contributed by atoms with Gasteiger partial charge in [0.25, 0.3) is 5.91 Å². The highest BCUT2D eigenvalue weighted by molar-refractivity contribution is 5.97. The number of hydrogen-bond acceptors (Lipinski definition) is 8. The number of nitrogens with one attached hydrogen (secondary N) is 1. The molecule has 0 radical (unpaired) electrons. The number of aryl methyl sites for hydroxylation is 1. The molecule has 0 atom stereocenters. The molecule has 37 heavy (non-hydrogen) atoms. The number of fused-ring (bicyclic) bond motifs is 1. The second-order valence-electron chi connectivity index (χ2n) is 9.65. The van der Waals surface area contributed by atoms with Crippen molar-refractivity contribution in [2.75, 3.05) is 33.9 Å². The van der Waals surface area contributed by atoms with E-state index in [0.717, 1.165) is 11.1 Å². The van der Waals surface area contributed by atoms with E-state index in [9.17, 15) is 14.7 Å². The molecule has 1 aromatic carbocycles. The molecule has 0 saturated heterocycles. The Bertz CT molecular complexity index is 1400. The Kier molecular flexibility index (Phi) is 8.37. The Morgan fingerprint density at radius 1 is 1.16 bits per heavy atom. The van der Waals surface area contributed by atoms with Crippen molar-refractivity contribution in [3.05, 3.63) is 45.7 Å². The van der Waals surface area contributed by atoms with Crippen LogP contribution < -0.4 is 20.4 Å². The van der Waals surface area contributed by atoms with Gasteiger partial charge in [-0.3, -0.25) is 9.59 Å². The summed E-state index contributed by atoms with van der Waals surface area (Å²) in [7, 11) is 3.10. The highest BCUT2D eigenvalue weighted by Crippen LogP contribution is 2.40. The van der Waals surface area contributed by atoms with Crippen molar-refractivity contribution in [1.29, 1.82) is 0 Å². The SMILES string of the molecule is CC/N=c1\n(CC(=O)c2cc(OCCO)c(OC)c(C(C)(C)C)c2)nc2c(C)c(C)c(C(=O)NC)nn12. The predicted molar refractivity (Wildman–Crippen MR) is 139 cm³/mol. The quantitative estimate of drug-likeness (QED) is 0.419. The summed E-state index contributed by atoms with van der Waals surface area (Å²) in [6.07, 6.45) is 0. The summed E-state index contributed by atoms with van der Waals surface area (Å²) in [4.78, 5) is 30.5. The Labute approximate surface area is 216 Å². The number of nitrogens with zero attached hydrogens (tertiary/aromatic N) is 5. The van der Waals surface area contributed by atoms with Crippen LogP contribution in [0, 0.1) is 13.8 Å². The van der Waals surface area contributed by atoms with Gasteiger partial charge in [-0.15, -0.1) is 5.10 Å². The number of ketones is 1. The number of benzene rings is 1. The molecule has 200 valence electrons. The maximum absolute atomic E-state index is 13.6. The van der Waals surface area contributed by atoms with E-state index in [2.05, 4.69) is 20.5 Å². The molecule has 3 rings (SSSR count). The van der Waals surface area contributed by atoms with Gasteiger partial charge in [0, 0.05) is 30.3 Å². The van der Waals surface area contributed by atoms with Gasteiger partial charge in [-0.25, -0.2) is 9.67 Å². The Morgan fingerprint density at radius 2 is 1.86 bits per heavy atom. The van der Waals surface area contributed by atoms with E-state index in [1.54, 1.807) is 26.3 Å². The topological polar surface area (TPSA) is 132 Å². The van der Waals surface area contributed by atoms with Crippen molar-refractivity contribution in [2.45, 2.75) is 53.5 Å². The van der Waals surface area contributed by atoms with E-state index < -0.39 is 0 Å². The van der Waals surface area contributed by atoms with Crippen LogP contribution in [0.3, 0.4) is 0 Å². The second kappa shape index (κ2) is 11.1. The van der Waals surface area contributed by atoms with Gasteiger partial charge in [0.15, 0.2) is 28.6 Å². The number of hydrogen-bond donors (Lipinski definition) is 2. The Hall–Kier alpha value is -3.73. The van der Waals surface area contributed by atoms with E-state index >= 15 is 0 Å². The van der Waals surface area contributed by atoms with Gasteiger partial charge in [0.05, 0.1) is 13.7 Å². The third-order valence-corrected chi connectivity index (χ3v) is 6.06. The molecular weight excluding hydrogens is 476 g/mol. The first-order valence-corrected chi connectivity index (χ1v) is 12.2. The Balaban J connectivity index is 2.16. The largest absolute Gasteiger partial charge is 0.493 e. The molecule has 1 amide bonds. The molecule has 0 bridgehead atoms. The highest BCUT2D eigenvalue weighted by Gasteiger charge is 2.26. The van der Waals surface area contributed by atoms with Gasteiger partial charge < -0.3 is 19.9 Å². The van der Waals surface area contributed by atoms with Crippen molar-refractivity contribution >= 4 is 17.3 Å². The molecule has 0 unspecified atom stereocenters. The minimum atomic E-state index is -0.341. The maximum Gasteiger partial charge on any atom is 0.271 e. The zero-order valence-electron chi connectivity index (χ0n) is 22.8. The smallest absolute Gasteiger partial charge is 0.271 e. The van der Waals surface area contributed by atoms with E-state index in [-0.39, 0.29) is 42.6 Å². The number of methoxy groups -OCH3 is 1. The van der Waals surface area contributed by atoms with Crippen molar-refractivity contribution in [3.8, 4) is 11.5 Å². The minimum Gasteiger partial charge on any atom is -0.493 e. The third-order valence-electron chi connectivity index (χ3n) is 6.06. The first-order valence-electron chi connectivity index (χ1n) is 12.2. The second-order valence-corrected chi connectivity index (χ2v) is 9.65. The average molecular weight is 513 g/mol. The van der Waals surface area contributed by atoms with Crippen LogP contribution in [0.2, 0.25) is 0 Å². The number of aliphatic hydroxyl groups is 1. The van der Waals surface area contributed by atoms with Crippen LogP contribution in [-0.4, -0.2) is 70.1 Å². The molecule has 11 nitrogen and oxygen atoms in total. The number of aromatic nitrogens is 4. The van der Waals surface area contributed by atoms with Gasteiger partial charge in [-0.05, 0) is 43.9 Å². The molecule has 2 aromatic heterocycles. The normalized spacial score (nSPS) is 12.2. The predicted octanol–water partition coefficient (Wildman–Crippen LogP) is 1.99. The van der Waals surface area contributed by atoms with E-state index in [1.165, 1.54) is 9.20 Å². The monoisotopic (exact) mass is 512 g/mol. The maximum atomic E-state index is 13.6. The summed E-state index contributed by atoms with van der Waals surface area (Å²) in [6.45, 7) is 11.8. The Morgan fingerprint density at radius 3 is 2.43 bits per heavy atom.